The van der Waals surface area contributed by atoms with Crippen LogP contribution in [0.1, 0.15) is 42.1 Å². The third kappa shape index (κ3) is 1.78. The van der Waals surface area contributed by atoms with E-state index in [9.17, 15) is 4.79 Å². The first-order valence-electron chi connectivity index (χ1n) is 5.00. The largest absolute Gasteiger partial charge is 0.370 e. The van der Waals surface area contributed by atoms with Crippen molar-refractivity contribution in [1.82, 2.24) is 10.2 Å². The van der Waals surface area contributed by atoms with Gasteiger partial charge in [0.05, 0.1) is 5.69 Å². The number of aromatic nitrogens is 2. The Morgan fingerprint density at radius 2 is 2.36 bits per heavy atom. The van der Waals surface area contributed by atoms with Crippen molar-refractivity contribution in [1.29, 1.82) is 0 Å². The molecule has 1 fully saturated rings. The number of carbonyl (C=O) groups is 1. The summed E-state index contributed by atoms with van der Waals surface area (Å²) in [4.78, 5) is 10.7. The van der Waals surface area contributed by atoms with Gasteiger partial charge in [0, 0.05) is 18.0 Å². The molecule has 1 aromatic rings. The zero-order valence-corrected chi connectivity index (χ0v) is 8.34. The molecular weight excluding hydrogens is 178 g/mol. The fourth-order valence-corrected chi connectivity index (χ4v) is 1.73. The van der Waals surface area contributed by atoms with Crippen LogP contribution in [-0.4, -0.2) is 16.1 Å². The van der Waals surface area contributed by atoms with Crippen LogP contribution in [0.3, 0.4) is 0 Å². The second kappa shape index (κ2) is 3.44. The molecule has 0 aromatic carbocycles. The van der Waals surface area contributed by atoms with Gasteiger partial charge in [0.15, 0.2) is 0 Å². The molecule has 76 valence electrons. The van der Waals surface area contributed by atoms with Gasteiger partial charge in [0.2, 0.25) is 5.91 Å². The molecule has 3 N–H and O–H groups in total. The molecule has 14 heavy (non-hydrogen) atoms. The van der Waals surface area contributed by atoms with E-state index in [4.69, 9.17) is 5.73 Å². The van der Waals surface area contributed by atoms with E-state index < -0.39 is 0 Å². The highest BCUT2D eigenvalue weighted by Gasteiger charge is 2.29. The predicted molar refractivity (Wildman–Crippen MR) is 52.8 cm³/mol. The summed E-state index contributed by atoms with van der Waals surface area (Å²) in [6.45, 7) is 2.00. The number of nitrogens with two attached hydrogens (primary N) is 1. The number of nitrogens with one attached hydrogen (secondary N) is 1. The van der Waals surface area contributed by atoms with Gasteiger partial charge >= 0.3 is 0 Å². The summed E-state index contributed by atoms with van der Waals surface area (Å²) in [6, 6.07) is 0. The Labute approximate surface area is 82.9 Å². The number of aryl methyl sites for hydroxylation is 1. The van der Waals surface area contributed by atoms with Crippen LogP contribution in [0.15, 0.2) is 0 Å². The molecule has 0 atom stereocenters. The molecule has 0 bridgehead atoms. The second-order valence-electron chi connectivity index (χ2n) is 3.95. The highest BCUT2D eigenvalue weighted by Crippen LogP contribution is 2.41. The van der Waals surface area contributed by atoms with Crippen LogP contribution in [-0.2, 0) is 11.2 Å². The molecule has 0 radical (unpaired) electrons. The number of carbonyl (C=O) groups excluding carboxylic acids is 1. The van der Waals surface area contributed by atoms with Crippen LogP contribution in [0.5, 0.6) is 0 Å². The predicted octanol–water partition coefficient (Wildman–Crippen LogP) is 1.01. The SMILES string of the molecule is Cc1[nH]nc(C2CC2)c1CCC(N)=O. The lowest BCUT2D eigenvalue weighted by atomic mass is 10.0. The van der Waals surface area contributed by atoms with E-state index in [1.807, 2.05) is 6.92 Å². The minimum Gasteiger partial charge on any atom is -0.370 e. The Bertz CT molecular complexity index is 352. The first kappa shape index (κ1) is 9.24. The minimum atomic E-state index is -0.243. The van der Waals surface area contributed by atoms with Crippen LogP contribution in [0.25, 0.3) is 0 Å². The molecule has 2 rings (SSSR count). The van der Waals surface area contributed by atoms with Crippen molar-refractivity contribution < 1.29 is 4.79 Å². The van der Waals surface area contributed by atoms with E-state index in [0.717, 1.165) is 17.8 Å². The maximum atomic E-state index is 10.7. The van der Waals surface area contributed by atoms with Crippen molar-refractivity contribution in [2.45, 2.75) is 38.5 Å². The lowest BCUT2D eigenvalue weighted by molar-refractivity contribution is -0.117. The van der Waals surface area contributed by atoms with E-state index in [0.29, 0.717) is 12.3 Å². The van der Waals surface area contributed by atoms with Crippen LogP contribution < -0.4 is 5.73 Å². The van der Waals surface area contributed by atoms with Crippen molar-refractivity contribution in [3.8, 4) is 0 Å². The summed E-state index contributed by atoms with van der Waals surface area (Å²) in [7, 11) is 0. The molecule has 1 aliphatic carbocycles. The van der Waals surface area contributed by atoms with Crippen LogP contribution in [0.4, 0.5) is 0 Å². The van der Waals surface area contributed by atoms with Gasteiger partial charge in [-0.25, -0.2) is 0 Å². The summed E-state index contributed by atoms with van der Waals surface area (Å²) >= 11 is 0. The van der Waals surface area contributed by atoms with Crippen molar-refractivity contribution in [3.05, 3.63) is 17.0 Å². The number of hydrogen-bond donors (Lipinski definition) is 2. The Kier molecular flexibility index (Phi) is 2.27. The van der Waals surface area contributed by atoms with Crippen molar-refractivity contribution in [2.75, 3.05) is 0 Å². The van der Waals surface area contributed by atoms with E-state index >= 15 is 0 Å². The normalized spacial score (nSPS) is 15.8. The Balaban J connectivity index is 2.13. The molecule has 1 saturated carbocycles. The average Bonchev–Trinajstić information content (AvgIpc) is 2.88. The van der Waals surface area contributed by atoms with Gasteiger partial charge in [-0.15, -0.1) is 0 Å². The van der Waals surface area contributed by atoms with Gasteiger partial charge in [-0.1, -0.05) is 0 Å². The maximum Gasteiger partial charge on any atom is 0.217 e. The third-order valence-corrected chi connectivity index (χ3v) is 2.69. The molecule has 0 unspecified atom stereocenters. The van der Waals surface area contributed by atoms with Gasteiger partial charge < -0.3 is 5.73 Å². The Hall–Kier alpha value is -1.32. The topological polar surface area (TPSA) is 71.8 Å². The van der Waals surface area contributed by atoms with Crippen molar-refractivity contribution >= 4 is 5.91 Å². The molecule has 0 aliphatic heterocycles. The standard InChI is InChI=1S/C10H15N3O/c1-6-8(4-5-9(11)14)10(13-12-6)7-2-3-7/h7H,2-5H2,1H3,(H2,11,14)(H,12,13). The van der Waals surface area contributed by atoms with E-state index in [1.54, 1.807) is 0 Å². The molecule has 1 aliphatic rings. The van der Waals surface area contributed by atoms with Crippen LogP contribution in [0, 0.1) is 6.92 Å². The van der Waals surface area contributed by atoms with Crippen molar-refractivity contribution in [3.63, 3.8) is 0 Å². The smallest absolute Gasteiger partial charge is 0.217 e. The summed E-state index contributed by atoms with van der Waals surface area (Å²) in [5.74, 6) is 0.384. The summed E-state index contributed by atoms with van der Waals surface area (Å²) < 4.78 is 0. The molecule has 0 saturated heterocycles. The van der Waals surface area contributed by atoms with Crippen molar-refractivity contribution in [2.24, 2.45) is 5.73 Å². The second-order valence-corrected chi connectivity index (χ2v) is 3.95. The zero-order chi connectivity index (χ0) is 10.1. The molecule has 1 amide bonds. The number of primary amides is 1. The first-order chi connectivity index (χ1) is 6.68. The van der Waals surface area contributed by atoms with Gasteiger partial charge in [0.25, 0.3) is 0 Å². The number of hydrogen-bond acceptors (Lipinski definition) is 2. The molecular formula is C10H15N3O. The highest BCUT2D eigenvalue weighted by atomic mass is 16.1. The van der Waals surface area contributed by atoms with Gasteiger partial charge in [-0.05, 0) is 31.7 Å². The zero-order valence-electron chi connectivity index (χ0n) is 8.34. The van der Waals surface area contributed by atoms with Gasteiger partial charge in [-0.3, -0.25) is 9.89 Å². The fourth-order valence-electron chi connectivity index (χ4n) is 1.73. The number of rotatable bonds is 4. The summed E-state index contributed by atoms with van der Waals surface area (Å²) in [5.41, 5.74) is 8.56. The Morgan fingerprint density at radius 3 is 2.93 bits per heavy atom. The van der Waals surface area contributed by atoms with E-state index in [1.165, 1.54) is 18.4 Å². The quantitative estimate of drug-likeness (QED) is 0.749. The van der Waals surface area contributed by atoms with Gasteiger partial charge in [-0.2, -0.15) is 5.10 Å². The highest BCUT2D eigenvalue weighted by molar-refractivity contribution is 5.74. The third-order valence-electron chi connectivity index (χ3n) is 2.69. The number of H-pyrrole nitrogens is 1. The molecule has 4 heteroatoms. The summed E-state index contributed by atoms with van der Waals surface area (Å²) in [5, 5.41) is 7.26. The van der Waals surface area contributed by atoms with Crippen LogP contribution >= 0.6 is 0 Å². The monoisotopic (exact) mass is 193 g/mol. The number of nitrogens with zero attached hydrogens (tertiary/aromatic N) is 1. The summed E-state index contributed by atoms with van der Waals surface area (Å²) in [6.07, 6.45) is 3.60. The van der Waals surface area contributed by atoms with E-state index in [2.05, 4.69) is 10.2 Å². The Morgan fingerprint density at radius 1 is 1.64 bits per heavy atom. The number of amides is 1. The lowest BCUT2D eigenvalue weighted by Crippen LogP contribution is -2.11. The van der Waals surface area contributed by atoms with E-state index in [-0.39, 0.29) is 5.91 Å². The first-order valence-corrected chi connectivity index (χ1v) is 5.00. The maximum absolute atomic E-state index is 10.7. The molecule has 1 aromatic heterocycles. The average molecular weight is 193 g/mol. The van der Waals surface area contributed by atoms with Crippen LogP contribution in [0.2, 0.25) is 0 Å². The fraction of sp³-hybridized carbons (Fsp3) is 0.600. The number of aromatic amines is 1. The van der Waals surface area contributed by atoms with Gasteiger partial charge in [0.1, 0.15) is 0 Å². The molecule has 1 heterocycles. The minimum absolute atomic E-state index is 0.243. The lowest BCUT2D eigenvalue weighted by Gasteiger charge is -2.00. The molecule has 0 spiro atoms. The molecule has 4 nitrogen and oxygen atoms in total.